The Bertz CT molecular complexity index is 985. The van der Waals surface area contributed by atoms with Crippen LogP contribution in [0.1, 0.15) is 46.5 Å². The average molecular weight is 512 g/mol. The van der Waals surface area contributed by atoms with Gasteiger partial charge in [-0.1, -0.05) is 26.7 Å². The van der Waals surface area contributed by atoms with Crippen LogP contribution in [0.2, 0.25) is 0 Å². The molecule has 0 fully saturated rings. The monoisotopic (exact) mass is 511 g/mol. The van der Waals surface area contributed by atoms with E-state index in [0.717, 1.165) is 41.7 Å². The topological polar surface area (TPSA) is 106 Å². The summed E-state index contributed by atoms with van der Waals surface area (Å²) in [6, 6.07) is 7.16. The highest BCUT2D eigenvalue weighted by molar-refractivity contribution is 9.10. The Morgan fingerprint density at radius 3 is 2.42 bits per heavy atom. The van der Waals surface area contributed by atoms with E-state index in [1.807, 2.05) is 0 Å². The Kier molecular flexibility index (Phi) is 9.70. The Labute approximate surface area is 192 Å². The van der Waals surface area contributed by atoms with E-state index in [0.29, 0.717) is 16.9 Å². The molecule has 0 bridgehead atoms. The molecule has 0 aliphatic carbocycles. The van der Waals surface area contributed by atoms with Crippen molar-refractivity contribution in [1.29, 1.82) is 0 Å². The third kappa shape index (κ3) is 7.77. The number of aromatic nitrogens is 2. The van der Waals surface area contributed by atoms with E-state index < -0.39 is 15.8 Å². The van der Waals surface area contributed by atoms with Crippen molar-refractivity contribution in [2.24, 2.45) is 4.36 Å². The van der Waals surface area contributed by atoms with Crippen LogP contribution in [-0.2, 0) is 14.5 Å². The molecule has 10 heteroatoms. The van der Waals surface area contributed by atoms with Gasteiger partial charge in [0.2, 0.25) is 5.95 Å². The van der Waals surface area contributed by atoms with E-state index in [1.165, 1.54) is 6.26 Å². The maximum absolute atomic E-state index is 12.7. The first kappa shape index (κ1) is 25.1. The number of ether oxygens (including phenoxy) is 1. The van der Waals surface area contributed by atoms with Crippen LogP contribution in [-0.4, -0.2) is 39.2 Å². The molecule has 0 spiro atoms. The third-order valence-corrected chi connectivity index (χ3v) is 6.65. The molecule has 2 aromatic rings. The van der Waals surface area contributed by atoms with E-state index in [9.17, 15) is 9.00 Å². The van der Waals surface area contributed by atoms with Crippen LogP contribution in [0.5, 0.6) is 0 Å². The quantitative estimate of drug-likeness (QED) is 0.404. The number of amides is 1. The van der Waals surface area contributed by atoms with Crippen LogP contribution in [0.15, 0.2) is 44.2 Å². The van der Waals surface area contributed by atoms with Crippen molar-refractivity contribution in [2.45, 2.75) is 57.4 Å². The lowest BCUT2D eigenvalue weighted by atomic mass is 10.1. The Balaban J connectivity index is 2.16. The molecular weight excluding hydrogens is 482 g/mol. The lowest BCUT2D eigenvalue weighted by Gasteiger charge is -2.19. The molecule has 1 heterocycles. The highest BCUT2D eigenvalue weighted by atomic mass is 79.9. The molecule has 0 saturated carbocycles. The smallest absolute Gasteiger partial charge is 0.442 e. The summed E-state index contributed by atoms with van der Waals surface area (Å²) in [5.41, 5.74) is 0.724. The zero-order valence-corrected chi connectivity index (χ0v) is 20.8. The molecule has 1 aromatic heterocycles. The van der Waals surface area contributed by atoms with Crippen molar-refractivity contribution in [3.63, 3.8) is 0 Å². The molecule has 1 atom stereocenters. The summed E-state index contributed by atoms with van der Waals surface area (Å²) in [6.07, 6.45) is 6.62. The number of nitrogens with zero attached hydrogens (tertiary/aromatic N) is 3. The number of benzene rings is 1. The summed E-state index contributed by atoms with van der Waals surface area (Å²) in [5, 5.41) is 6.65. The molecule has 170 valence electrons. The first-order valence-corrected chi connectivity index (χ1v) is 13.1. The van der Waals surface area contributed by atoms with Crippen LogP contribution >= 0.6 is 15.9 Å². The maximum atomic E-state index is 12.7. The zero-order valence-electron chi connectivity index (χ0n) is 18.4. The Morgan fingerprint density at radius 2 is 1.84 bits per heavy atom. The van der Waals surface area contributed by atoms with Crippen molar-refractivity contribution in [3.05, 3.63) is 34.9 Å². The minimum Gasteiger partial charge on any atom is -0.448 e. The number of nitrogens with one attached hydrogen (secondary N) is 2. The van der Waals surface area contributed by atoms with E-state index in [2.05, 4.69) is 54.7 Å². The maximum Gasteiger partial charge on any atom is 0.442 e. The summed E-state index contributed by atoms with van der Waals surface area (Å²) in [4.78, 5) is 20.9. The summed E-state index contributed by atoms with van der Waals surface area (Å²) < 4.78 is 21.9. The minimum atomic E-state index is -2.88. The third-order valence-electron chi connectivity index (χ3n) is 4.42. The van der Waals surface area contributed by atoms with Crippen LogP contribution in [0.3, 0.4) is 0 Å². The van der Waals surface area contributed by atoms with E-state index in [1.54, 1.807) is 37.4 Å². The fourth-order valence-electron chi connectivity index (χ4n) is 2.97. The Morgan fingerprint density at radius 1 is 1.19 bits per heavy atom. The molecule has 31 heavy (non-hydrogen) atoms. The van der Waals surface area contributed by atoms with Gasteiger partial charge in [-0.25, -0.2) is 14.0 Å². The lowest BCUT2D eigenvalue weighted by Crippen LogP contribution is -2.20. The molecule has 0 aliphatic heterocycles. The van der Waals surface area contributed by atoms with Crippen molar-refractivity contribution in [3.8, 4) is 0 Å². The van der Waals surface area contributed by atoms with Crippen molar-refractivity contribution >= 4 is 49.2 Å². The summed E-state index contributed by atoms with van der Waals surface area (Å²) in [7, 11) is -2.88. The van der Waals surface area contributed by atoms with Gasteiger partial charge in [-0.2, -0.15) is 4.98 Å². The molecule has 0 radical (unpaired) electrons. The predicted octanol–water partition coefficient (Wildman–Crippen LogP) is 5.98. The van der Waals surface area contributed by atoms with E-state index >= 15 is 0 Å². The Hall–Kier alpha value is -2.20. The number of carbonyl (C=O) groups excluding carboxylic acids is 1. The minimum absolute atomic E-state index is 0.183. The van der Waals surface area contributed by atoms with Crippen LogP contribution < -0.4 is 10.6 Å². The van der Waals surface area contributed by atoms with Gasteiger partial charge in [0, 0.05) is 29.1 Å². The summed E-state index contributed by atoms with van der Waals surface area (Å²) in [5.74, 6) is 1.18. The largest absolute Gasteiger partial charge is 0.448 e. The van der Waals surface area contributed by atoms with Crippen molar-refractivity contribution in [1.82, 2.24) is 9.97 Å². The van der Waals surface area contributed by atoms with Crippen molar-refractivity contribution < 1.29 is 13.7 Å². The molecule has 1 amide bonds. The van der Waals surface area contributed by atoms with Gasteiger partial charge in [0.1, 0.15) is 5.82 Å². The first-order chi connectivity index (χ1) is 14.8. The molecule has 8 nitrogen and oxygen atoms in total. The standard InChI is InChI=1S/C21H30BrN5O3S/c1-5-8-15(9-6-2)24-19-18(22)14-23-20(26-19)25-16-10-12-17(13-11-16)31(4,29)27-21(28)30-7-3/h10-15H,5-9H2,1-4H3,(H2,23,24,25,26). The van der Waals surface area contributed by atoms with Crippen LogP contribution in [0, 0.1) is 0 Å². The van der Waals surface area contributed by atoms with Crippen molar-refractivity contribution in [2.75, 3.05) is 23.5 Å². The molecule has 0 saturated heterocycles. The summed E-state index contributed by atoms with van der Waals surface area (Å²) in [6.45, 7) is 6.20. The molecule has 2 N–H and O–H groups in total. The molecule has 2 rings (SSSR count). The van der Waals surface area contributed by atoms with Gasteiger partial charge in [0.25, 0.3) is 0 Å². The second kappa shape index (κ2) is 12.0. The predicted molar refractivity (Wildman–Crippen MR) is 128 cm³/mol. The van der Waals surface area contributed by atoms with Gasteiger partial charge < -0.3 is 15.4 Å². The lowest BCUT2D eigenvalue weighted by molar-refractivity contribution is 0.164. The van der Waals surface area contributed by atoms with Gasteiger partial charge in [-0.15, -0.1) is 4.36 Å². The van der Waals surface area contributed by atoms with E-state index in [4.69, 9.17) is 4.74 Å². The highest BCUT2D eigenvalue weighted by Crippen LogP contribution is 2.25. The van der Waals surface area contributed by atoms with Gasteiger partial charge >= 0.3 is 6.09 Å². The average Bonchev–Trinajstić information content (AvgIpc) is 2.71. The van der Waals surface area contributed by atoms with Crippen LogP contribution in [0.25, 0.3) is 0 Å². The van der Waals surface area contributed by atoms with Gasteiger partial charge in [0.05, 0.1) is 20.8 Å². The van der Waals surface area contributed by atoms with Gasteiger partial charge in [-0.3, -0.25) is 0 Å². The number of rotatable bonds is 10. The van der Waals surface area contributed by atoms with Crippen LogP contribution in [0.4, 0.5) is 22.2 Å². The number of carbonyl (C=O) groups is 1. The molecule has 1 aromatic carbocycles. The molecule has 0 aliphatic rings. The highest BCUT2D eigenvalue weighted by Gasteiger charge is 2.13. The fraction of sp³-hybridized carbons (Fsp3) is 0.476. The fourth-order valence-corrected chi connectivity index (χ4v) is 4.36. The van der Waals surface area contributed by atoms with Gasteiger partial charge in [0.15, 0.2) is 0 Å². The first-order valence-electron chi connectivity index (χ1n) is 10.3. The summed E-state index contributed by atoms with van der Waals surface area (Å²) >= 11 is 3.51. The number of anilines is 3. The van der Waals surface area contributed by atoms with Gasteiger partial charge in [-0.05, 0) is 60.0 Å². The molecule has 1 unspecified atom stereocenters. The van der Waals surface area contributed by atoms with E-state index in [-0.39, 0.29) is 6.61 Å². The normalized spacial score (nSPS) is 12.8. The zero-order chi connectivity index (χ0) is 22.9. The molecular formula is C21H30BrN5O3S. The second-order valence-electron chi connectivity index (χ2n) is 7.05. The number of halogens is 1. The second-order valence-corrected chi connectivity index (χ2v) is 10.2. The number of hydrogen-bond donors (Lipinski definition) is 2. The number of hydrogen-bond acceptors (Lipinski definition) is 7. The SMILES string of the molecule is CCCC(CCC)Nc1nc(Nc2ccc(S(C)(=O)=NC(=O)OCC)cc2)ncc1Br.